The van der Waals surface area contributed by atoms with Gasteiger partial charge in [-0.25, -0.2) is 9.97 Å². The SMILES string of the molecule is Cc1ccc(Nc2nnc(Sc3ncnc4sccc34)s2)c(C)c1. The summed E-state index contributed by atoms with van der Waals surface area (Å²) in [5, 5.41) is 16.6. The molecule has 120 valence electrons. The molecule has 0 fully saturated rings. The number of nitrogens with one attached hydrogen (secondary N) is 1. The molecule has 0 radical (unpaired) electrons. The first-order valence-corrected chi connectivity index (χ1v) is 9.74. The number of nitrogens with zero attached hydrogens (tertiary/aromatic N) is 4. The molecule has 4 aromatic rings. The number of hydrogen-bond donors (Lipinski definition) is 1. The molecule has 3 heterocycles. The fraction of sp³-hybridized carbons (Fsp3) is 0.125. The van der Waals surface area contributed by atoms with Gasteiger partial charge < -0.3 is 5.32 Å². The Morgan fingerprint density at radius 3 is 2.88 bits per heavy atom. The number of benzene rings is 1. The minimum atomic E-state index is 0.778. The molecule has 0 aliphatic rings. The molecule has 0 aliphatic carbocycles. The second kappa shape index (κ2) is 6.46. The van der Waals surface area contributed by atoms with Crippen LogP contribution in [0.2, 0.25) is 0 Å². The molecule has 0 saturated carbocycles. The van der Waals surface area contributed by atoms with Crippen molar-refractivity contribution in [3.8, 4) is 0 Å². The van der Waals surface area contributed by atoms with E-state index >= 15 is 0 Å². The molecule has 8 heteroatoms. The smallest absolute Gasteiger partial charge is 0.210 e. The monoisotopic (exact) mass is 371 g/mol. The Hall–Kier alpha value is -2.03. The van der Waals surface area contributed by atoms with Crippen molar-refractivity contribution in [1.82, 2.24) is 20.2 Å². The lowest BCUT2D eigenvalue weighted by molar-refractivity contribution is 1.01. The van der Waals surface area contributed by atoms with E-state index in [0.29, 0.717) is 0 Å². The van der Waals surface area contributed by atoms with Crippen molar-refractivity contribution < 1.29 is 0 Å². The van der Waals surface area contributed by atoms with Gasteiger partial charge in [-0.05, 0) is 48.7 Å². The topological polar surface area (TPSA) is 63.6 Å². The van der Waals surface area contributed by atoms with Gasteiger partial charge in [-0.2, -0.15) is 0 Å². The van der Waals surface area contributed by atoms with Crippen molar-refractivity contribution >= 4 is 55.5 Å². The zero-order valence-electron chi connectivity index (χ0n) is 13.0. The van der Waals surface area contributed by atoms with E-state index in [0.717, 1.165) is 30.4 Å². The van der Waals surface area contributed by atoms with E-state index < -0.39 is 0 Å². The lowest BCUT2D eigenvalue weighted by Gasteiger charge is -2.06. The minimum Gasteiger partial charge on any atom is -0.330 e. The highest BCUT2D eigenvalue weighted by Crippen LogP contribution is 2.36. The van der Waals surface area contributed by atoms with Gasteiger partial charge in [-0.3, -0.25) is 0 Å². The second-order valence-electron chi connectivity index (χ2n) is 5.24. The quantitative estimate of drug-likeness (QED) is 0.506. The zero-order valence-corrected chi connectivity index (χ0v) is 15.4. The van der Waals surface area contributed by atoms with Crippen molar-refractivity contribution in [3.63, 3.8) is 0 Å². The fourth-order valence-electron chi connectivity index (χ4n) is 2.30. The molecule has 24 heavy (non-hydrogen) atoms. The van der Waals surface area contributed by atoms with E-state index in [-0.39, 0.29) is 0 Å². The van der Waals surface area contributed by atoms with Gasteiger partial charge in [0.05, 0.1) is 0 Å². The lowest BCUT2D eigenvalue weighted by atomic mass is 10.1. The third-order valence-corrected chi connectivity index (χ3v) is 6.17. The Kier molecular flexibility index (Phi) is 4.17. The molecule has 4 rings (SSSR count). The predicted octanol–water partition coefficient (Wildman–Crippen LogP) is 5.05. The Labute approximate surface area is 151 Å². The van der Waals surface area contributed by atoms with Crippen LogP contribution in [0.3, 0.4) is 0 Å². The predicted molar refractivity (Wildman–Crippen MR) is 101 cm³/mol. The molecule has 0 aliphatic heterocycles. The van der Waals surface area contributed by atoms with Crippen LogP contribution in [-0.2, 0) is 0 Å². The second-order valence-corrected chi connectivity index (χ2v) is 8.34. The van der Waals surface area contributed by atoms with E-state index in [1.54, 1.807) is 17.7 Å². The number of fused-ring (bicyclic) bond motifs is 1. The molecule has 0 amide bonds. The fourth-order valence-corrected chi connectivity index (χ4v) is 4.85. The molecular weight excluding hydrogens is 358 g/mol. The van der Waals surface area contributed by atoms with Gasteiger partial charge in [0.25, 0.3) is 0 Å². The molecule has 1 N–H and O–H groups in total. The lowest BCUT2D eigenvalue weighted by Crippen LogP contribution is -1.92. The van der Waals surface area contributed by atoms with Crippen molar-refractivity contribution in [2.75, 3.05) is 5.32 Å². The van der Waals surface area contributed by atoms with Crippen LogP contribution in [0.25, 0.3) is 10.2 Å². The summed E-state index contributed by atoms with van der Waals surface area (Å²) >= 11 is 4.65. The van der Waals surface area contributed by atoms with Crippen LogP contribution >= 0.6 is 34.4 Å². The molecular formula is C16H13N5S3. The summed E-state index contributed by atoms with van der Waals surface area (Å²) in [6.07, 6.45) is 1.59. The summed E-state index contributed by atoms with van der Waals surface area (Å²) < 4.78 is 0.855. The Bertz CT molecular complexity index is 1010. The highest BCUT2D eigenvalue weighted by Gasteiger charge is 2.11. The molecule has 0 unspecified atom stereocenters. The first-order chi connectivity index (χ1) is 11.7. The van der Waals surface area contributed by atoms with E-state index in [1.165, 1.54) is 34.2 Å². The van der Waals surface area contributed by atoms with E-state index in [1.807, 2.05) is 11.4 Å². The highest BCUT2D eigenvalue weighted by molar-refractivity contribution is 8.01. The summed E-state index contributed by atoms with van der Waals surface area (Å²) in [5.74, 6) is 0. The normalized spacial score (nSPS) is 11.1. The van der Waals surface area contributed by atoms with E-state index in [2.05, 4.69) is 57.5 Å². The van der Waals surface area contributed by atoms with Crippen molar-refractivity contribution in [3.05, 3.63) is 47.1 Å². The van der Waals surface area contributed by atoms with Gasteiger partial charge >= 0.3 is 0 Å². The molecule has 3 aromatic heterocycles. The van der Waals surface area contributed by atoms with Gasteiger partial charge in [0.15, 0.2) is 4.34 Å². The number of rotatable bonds is 4. The molecule has 0 atom stereocenters. The molecule has 0 saturated heterocycles. The van der Waals surface area contributed by atoms with Crippen LogP contribution in [0.5, 0.6) is 0 Å². The van der Waals surface area contributed by atoms with Crippen LogP contribution < -0.4 is 5.32 Å². The van der Waals surface area contributed by atoms with Gasteiger partial charge in [0.1, 0.15) is 16.2 Å². The zero-order chi connectivity index (χ0) is 16.5. The average Bonchev–Trinajstić information content (AvgIpc) is 3.20. The van der Waals surface area contributed by atoms with Crippen LogP contribution in [0.15, 0.2) is 45.3 Å². The van der Waals surface area contributed by atoms with Crippen molar-refractivity contribution in [2.24, 2.45) is 0 Å². The first-order valence-electron chi connectivity index (χ1n) is 7.23. The number of thiophene rings is 1. The number of anilines is 2. The summed E-state index contributed by atoms with van der Waals surface area (Å²) in [6.45, 7) is 4.17. The highest BCUT2D eigenvalue weighted by atomic mass is 32.2. The first kappa shape index (κ1) is 15.5. The van der Waals surface area contributed by atoms with Crippen LogP contribution in [0.4, 0.5) is 10.8 Å². The van der Waals surface area contributed by atoms with E-state index in [4.69, 9.17) is 0 Å². The van der Waals surface area contributed by atoms with Gasteiger partial charge in [0, 0.05) is 11.1 Å². The van der Waals surface area contributed by atoms with Gasteiger partial charge in [-0.15, -0.1) is 21.5 Å². The number of aryl methyl sites for hydroxylation is 2. The Balaban J connectivity index is 1.55. The summed E-state index contributed by atoms with van der Waals surface area (Å²) in [7, 11) is 0. The van der Waals surface area contributed by atoms with Crippen LogP contribution in [-0.4, -0.2) is 20.2 Å². The third-order valence-electron chi connectivity index (χ3n) is 3.44. The maximum Gasteiger partial charge on any atom is 0.210 e. The summed E-state index contributed by atoms with van der Waals surface area (Å²) in [5.41, 5.74) is 3.49. The third kappa shape index (κ3) is 3.12. The van der Waals surface area contributed by atoms with Gasteiger partial charge in [-0.1, -0.05) is 29.0 Å². The van der Waals surface area contributed by atoms with Gasteiger partial charge in [0.2, 0.25) is 5.13 Å². The van der Waals surface area contributed by atoms with Crippen LogP contribution in [0.1, 0.15) is 11.1 Å². The molecule has 0 spiro atoms. The Morgan fingerprint density at radius 2 is 2.00 bits per heavy atom. The molecule has 1 aromatic carbocycles. The average molecular weight is 372 g/mol. The summed E-state index contributed by atoms with van der Waals surface area (Å²) in [6, 6.07) is 8.34. The maximum absolute atomic E-state index is 4.37. The van der Waals surface area contributed by atoms with E-state index in [9.17, 15) is 0 Å². The summed E-state index contributed by atoms with van der Waals surface area (Å²) in [4.78, 5) is 9.63. The van der Waals surface area contributed by atoms with Crippen LogP contribution in [0, 0.1) is 13.8 Å². The number of aromatic nitrogens is 4. The molecule has 5 nitrogen and oxygen atoms in total. The Morgan fingerprint density at radius 1 is 1.08 bits per heavy atom. The maximum atomic E-state index is 4.37. The minimum absolute atomic E-state index is 0.778. The standard InChI is InChI=1S/C16H13N5S3/c1-9-3-4-12(10(2)7-9)19-15-20-21-16(24-15)23-14-11-5-6-22-13(11)17-8-18-14/h3-8H,1-2H3,(H,19,20). The number of hydrogen-bond acceptors (Lipinski definition) is 8. The largest absolute Gasteiger partial charge is 0.330 e. The van der Waals surface area contributed by atoms with Crippen molar-refractivity contribution in [1.29, 1.82) is 0 Å². The molecule has 0 bridgehead atoms. The van der Waals surface area contributed by atoms with Crippen molar-refractivity contribution in [2.45, 2.75) is 23.2 Å².